The molecule has 0 bridgehead atoms. The Morgan fingerprint density at radius 2 is 1.95 bits per heavy atom. The number of nitrogens with two attached hydrogens (primary N) is 1. The molecule has 1 fully saturated rings. The Balaban J connectivity index is 2.11. The lowest BCUT2D eigenvalue weighted by atomic mass is 9.77. The molecule has 104 valence electrons. The predicted molar refractivity (Wildman–Crippen MR) is 77.5 cm³/mol. The molecule has 1 aromatic carbocycles. The summed E-state index contributed by atoms with van der Waals surface area (Å²) in [5, 5.41) is 3.48. The molecule has 3 N–H and O–H groups in total. The van der Waals surface area contributed by atoms with Gasteiger partial charge in [0.2, 0.25) is 5.91 Å². The molecule has 3 nitrogen and oxygen atoms in total. The van der Waals surface area contributed by atoms with Gasteiger partial charge in [0.1, 0.15) is 6.04 Å². The first-order valence-electron chi connectivity index (χ1n) is 7.20. The molecule has 2 rings (SSSR count). The highest BCUT2D eigenvalue weighted by molar-refractivity contribution is 5.81. The summed E-state index contributed by atoms with van der Waals surface area (Å²) < 4.78 is 0. The number of nitrogens with one attached hydrogen (secondary N) is 1. The van der Waals surface area contributed by atoms with Gasteiger partial charge in [0.15, 0.2) is 0 Å². The van der Waals surface area contributed by atoms with Gasteiger partial charge < -0.3 is 5.73 Å². The Hall–Kier alpha value is -1.35. The number of primary amides is 1. The fourth-order valence-corrected chi connectivity index (χ4v) is 3.02. The van der Waals surface area contributed by atoms with Crippen LogP contribution in [0.3, 0.4) is 0 Å². The summed E-state index contributed by atoms with van der Waals surface area (Å²) in [7, 11) is 0. The summed E-state index contributed by atoms with van der Waals surface area (Å²) in [6, 6.07) is 9.76. The monoisotopic (exact) mass is 260 g/mol. The molecule has 1 amide bonds. The molecule has 0 aromatic heterocycles. The van der Waals surface area contributed by atoms with E-state index in [1.807, 2.05) is 30.3 Å². The van der Waals surface area contributed by atoms with Crippen LogP contribution in [0.4, 0.5) is 0 Å². The third kappa shape index (κ3) is 3.35. The van der Waals surface area contributed by atoms with Crippen molar-refractivity contribution in [1.29, 1.82) is 0 Å². The Labute approximate surface area is 115 Å². The van der Waals surface area contributed by atoms with Crippen LogP contribution in [0.5, 0.6) is 0 Å². The maximum Gasteiger partial charge on any atom is 0.239 e. The number of hydrogen-bond donors (Lipinski definition) is 2. The van der Waals surface area contributed by atoms with E-state index in [2.05, 4.69) is 19.2 Å². The van der Waals surface area contributed by atoms with Crippen molar-refractivity contribution < 1.29 is 4.79 Å². The number of carbonyl (C=O) groups excluding carboxylic acids is 1. The zero-order valence-corrected chi connectivity index (χ0v) is 11.8. The van der Waals surface area contributed by atoms with Crippen molar-refractivity contribution in [3.8, 4) is 0 Å². The summed E-state index contributed by atoms with van der Waals surface area (Å²) in [4.78, 5) is 11.7. The van der Waals surface area contributed by atoms with Crippen molar-refractivity contribution in [3.63, 3.8) is 0 Å². The number of benzene rings is 1. The zero-order valence-electron chi connectivity index (χ0n) is 11.8. The first-order chi connectivity index (χ1) is 9.09. The smallest absolute Gasteiger partial charge is 0.239 e. The lowest BCUT2D eigenvalue weighted by Crippen LogP contribution is -2.46. The standard InChI is InChI=1S/C16H24N2O/c1-11-7-6-10-14(12(11)2)18-15(16(17)19)13-8-4-3-5-9-13/h3-5,8-9,11-12,14-15,18H,6-7,10H2,1-2H3,(H2,17,19). The van der Waals surface area contributed by atoms with Gasteiger partial charge in [-0.05, 0) is 23.8 Å². The molecule has 1 saturated carbocycles. The Kier molecular flexibility index (Phi) is 4.59. The molecule has 3 heteroatoms. The van der Waals surface area contributed by atoms with E-state index in [1.54, 1.807) is 0 Å². The number of hydrogen-bond acceptors (Lipinski definition) is 2. The van der Waals surface area contributed by atoms with Crippen LogP contribution in [0.2, 0.25) is 0 Å². The zero-order chi connectivity index (χ0) is 13.8. The molecule has 4 unspecified atom stereocenters. The quantitative estimate of drug-likeness (QED) is 0.874. The minimum absolute atomic E-state index is 0.295. The SMILES string of the molecule is CC1CCCC(NC(C(N)=O)c2ccccc2)C1C. The predicted octanol–water partition coefficient (Wildman–Crippen LogP) is 2.63. The molecule has 0 saturated heterocycles. The minimum atomic E-state index is -0.376. The largest absolute Gasteiger partial charge is 0.368 e. The normalized spacial score (nSPS) is 28.8. The summed E-state index contributed by atoms with van der Waals surface area (Å²) in [5.74, 6) is 0.992. The molecule has 19 heavy (non-hydrogen) atoms. The highest BCUT2D eigenvalue weighted by Crippen LogP contribution is 2.31. The van der Waals surface area contributed by atoms with E-state index in [1.165, 1.54) is 12.8 Å². The van der Waals surface area contributed by atoms with Gasteiger partial charge in [-0.2, -0.15) is 0 Å². The van der Waals surface area contributed by atoms with Gasteiger partial charge >= 0.3 is 0 Å². The van der Waals surface area contributed by atoms with E-state index in [4.69, 9.17) is 5.73 Å². The van der Waals surface area contributed by atoms with Gasteiger partial charge in [-0.25, -0.2) is 0 Å². The fraction of sp³-hybridized carbons (Fsp3) is 0.562. The highest BCUT2D eigenvalue weighted by Gasteiger charge is 2.30. The second kappa shape index (κ2) is 6.20. The van der Waals surface area contributed by atoms with Crippen LogP contribution in [0.15, 0.2) is 30.3 Å². The molecule has 0 spiro atoms. The van der Waals surface area contributed by atoms with Crippen LogP contribution < -0.4 is 11.1 Å². The molecule has 1 aliphatic rings. The molecule has 1 aromatic rings. The second-order valence-corrected chi connectivity index (χ2v) is 5.79. The van der Waals surface area contributed by atoms with E-state index >= 15 is 0 Å². The van der Waals surface area contributed by atoms with Gasteiger partial charge in [-0.3, -0.25) is 10.1 Å². The van der Waals surface area contributed by atoms with Crippen molar-refractivity contribution in [3.05, 3.63) is 35.9 Å². The summed E-state index contributed by atoms with van der Waals surface area (Å²) in [6.45, 7) is 4.56. The van der Waals surface area contributed by atoms with Crippen LogP contribution >= 0.6 is 0 Å². The number of rotatable bonds is 4. The molecule has 0 aliphatic heterocycles. The van der Waals surface area contributed by atoms with E-state index in [-0.39, 0.29) is 11.9 Å². The van der Waals surface area contributed by atoms with Crippen molar-refractivity contribution in [2.24, 2.45) is 17.6 Å². The van der Waals surface area contributed by atoms with Crippen LogP contribution in [-0.4, -0.2) is 11.9 Å². The van der Waals surface area contributed by atoms with Gasteiger partial charge in [0.05, 0.1) is 0 Å². The maximum absolute atomic E-state index is 11.7. The van der Waals surface area contributed by atoms with Crippen LogP contribution in [0.25, 0.3) is 0 Å². The lowest BCUT2D eigenvalue weighted by Gasteiger charge is -2.36. The Morgan fingerprint density at radius 3 is 2.58 bits per heavy atom. The van der Waals surface area contributed by atoms with E-state index in [0.29, 0.717) is 17.9 Å². The van der Waals surface area contributed by atoms with Crippen molar-refractivity contribution in [2.45, 2.75) is 45.2 Å². The van der Waals surface area contributed by atoms with E-state index < -0.39 is 0 Å². The molecule has 1 aliphatic carbocycles. The first kappa shape index (κ1) is 14.1. The van der Waals surface area contributed by atoms with Gasteiger partial charge in [-0.15, -0.1) is 0 Å². The van der Waals surface area contributed by atoms with E-state index in [9.17, 15) is 4.79 Å². The summed E-state index contributed by atoms with van der Waals surface area (Å²) >= 11 is 0. The molecule has 0 radical (unpaired) electrons. The number of amides is 1. The van der Waals surface area contributed by atoms with Crippen molar-refractivity contribution in [1.82, 2.24) is 5.32 Å². The fourth-order valence-electron chi connectivity index (χ4n) is 3.02. The average Bonchev–Trinajstić information content (AvgIpc) is 2.41. The second-order valence-electron chi connectivity index (χ2n) is 5.79. The van der Waals surface area contributed by atoms with Gasteiger partial charge in [-0.1, -0.05) is 57.0 Å². The number of carbonyl (C=O) groups is 1. The summed E-state index contributed by atoms with van der Waals surface area (Å²) in [6.07, 6.45) is 3.64. The minimum Gasteiger partial charge on any atom is -0.368 e. The topological polar surface area (TPSA) is 55.1 Å². The van der Waals surface area contributed by atoms with Crippen LogP contribution in [-0.2, 0) is 4.79 Å². The van der Waals surface area contributed by atoms with E-state index in [0.717, 1.165) is 12.0 Å². The lowest BCUT2D eigenvalue weighted by molar-refractivity contribution is -0.120. The molecule has 4 atom stereocenters. The summed E-state index contributed by atoms with van der Waals surface area (Å²) in [5.41, 5.74) is 6.52. The molecular weight excluding hydrogens is 236 g/mol. The van der Waals surface area contributed by atoms with Gasteiger partial charge in [0, 0.05) is 6.04 Å². The Morgan fingerprint density at radius 1 is 1.26 bits per heavy atom. The third-order valence-electron chi connectivity index (χ3n) is 4.51. The van der Waals surface area contributed by atoms with Crippen molar-refractivity contribution >= 4 is 5.91 Å². The third-order valence-corrected chi connectivity index (χ3v) is 4.51. The van der Waals surface area contributed by atoms with Crippen molar-refractivity contribution in [2.75, 3.05) is 0 Å². The van der Waals surface area contributed by atoms with Crippen LogP contribution in [0, 0.1) is 11.8 Å². The average molecular weight is 260 g/mol. The highest BCUT2D eigenvalue weighted by atomic mass is 16.1. The first-order valence-corrected chi connectivity index (χ1v) is 7.20. The molecule has 0 heterocycles. The Bertz CT molecular complexity index is 418. The van der Waals surface area contributed by atoms with Gasteiger partial charge in [0.25, 0.3) is 0 Å². The molecular formula is C16H24N2O. The maximum atomic E-state index is 11.7. The van der Waals surface area contributed by atoms with Crippen LogP contribution in [0.1, 0.15) is 44.7 Å².